The van der Waals surface area contributed by atoms with Gasteiger partial charge in [0.15, 0.2) is 0 Å². The predicted octanol–water partition coefficient (Wildman–Crippen LogP) is 3.65. The lowest BCUT2D eigenvalue weighted by atomic mass is 10.0. The van der Waals surface area contributed by atoms with Crippen molar-refractivity contribution in [2.75, 3.05) is 10.7 Å². The molecule has 0 bridgehead atoms. The molecule has 0 aliphatic carbocycles. The largest absolute Gasteiger partial charge is 0.381 e. The molecule has 1 atom stereocenters. The van der Waals surface area contributed by atoms with Gasteiger partial charge in [0.1, 0.15) is 0 Å². The number of hydrogen-bond acceptors (Lipinski definition) is 3. The van der Waals surface area contributed by atoms with E-state index in [4.69, 9.17) is 0 Å². The molecule has 2 heterocycles. The highest BCUT2D eigenvalue weighted by atomic mass is 15.4. The quantitative estimate of drug-likeness (QED) is 0.593. The number of aromatic amines is 1. The maximum absolute atomic E-state index is 3.49. The Hall–Kier alpha value is -2.72. The van der Waals surface area contributed by atoms with Gasteiger partial charge in [0.25, 0.3) is 0 Å². The molecular formula is C18H18N4. The third kappa shape index (κ3) is 2.44. The first kappa shape index (κ1) is 13.0. The predicted molar refractivity (Wildman–Crippen MR) is 89.6 cm³/mol. The van der Waals surface area contributed by atoms with Crippen LogP contribution in [-0.2, 0) is 6.54 Å². The molecule has 0 radical (unpaired) electrons. The molecule has 22 heavy (non-hydrogen) atoms. The summed E-state index contributed by atoms with van der Waals surface area (Å²) in [6, 6.07) is 21.1. The molecule has 110 valence electrons. The summed E-state index contributed by atoms with van der Waals surface area (Å²) in [5.74, 6) is 0. The molecule has 3 aromatic rings. The minimum absolute atomic E-state index is 0.156. The van der Waals surface area contributed by atoms with E-state index >= 15 is 0 Å². The highest BCUT2D eigenvalue weighted by molar-refractivity contribution is 5.64. The Morgan fingerprint density at radius 2 is 1.86 bits per heavy atom. The van der Waals surface area contributed by atoms with E-state index in [1.807, 2.05) is 18.3 Å². The molecule has 0 amide bonds. The first-order chi connectivity index (χ1) is 10.9. The molecule has 4 nitrogen and oxygen atoms in total. The standard InChI is InChI=1S/C18H18N4/c1-2-5-13(6-3-1)12-20-14-8-9-16-15(11-14)18(22-21-16)17-7-4-10-19-17/h1-11,18-22H,12H2. The molecule has 1 unspecified atom stereocenters. The topological polar surface area (TPSA) is 51.9 Å². The lowest BCUT2D eigenvalue weighted by molar-refractivity contribution is 0.710. The van der Waals surface area contributed by atoms with Crippen LogP contribution in [0.2, 0.25) is 0 Å². The van der Waals surface area contributed by atoms with Gasteiger partial charge in [0.2, 0.25) is 0 Å². The van der Waals surface area contributed by atoms with E-state index in [-0.39, 0.29) is 6.04 Å². The summed E-state index contributed by atoms with van der Waals surface area (Å²) in [4.78, 5) is 3.27. The lowest BCUT2D eigenvalue weighted by Crippen LogP contribution is -2.19. The van der Waals surface area contributed by atoms with Crippen LogP contribution in [-0.4, -0.2) is 4.98 Å². The van der Waals surface area contributed by atoms with Crippen molar-refractivity contribution in [2.45, 2.75) is 12.6 Å². The smallest absolute Gasteiger partial charge is 0.0930 e. The Morgan fingerprint density at radius 1 is 0.955 bits per heavy atom. The minimum Gasteiger partial charge on any atom is -0.381 e. The van der Waals surface area contributed by atoms with E-state index < -0.39 is 0 Å². The molecule has 4 rings (SSSR count). The van der Waals surface area contributed by atoms with Crippen molar-refractivity contribution >= 4 is 11.4 Å². The molecular weight excluding hydrogens is 272 g/mol. The SMILES string of the molecule is c1ccc(CNc2ccc3c(c2)C(c2ccc[nH]2)NN3)cc1. The first-order valence-electron chi connectivity index (χ1n) is 7.47. The molecule has 0 saturated carbocycles. The van der Waals surface area contributed by atoms with E-state index in [1.54, 1.807) is 0 Å². The van der Waals surface area contributed by atoms with Gasteiger partial charge in [-0.15, -0.1) is 0 Å². The van der Waals surface area contributed by atoms with E-state index in [1.165, 1.54) is 11.1 Å². The van der Waals surface area contributed by atoms with Crippen LogP contribution in [0.4, 0.5) is 11.4 Å². The van der Waals surface area contributed by atoms with Crippen LogP contribution in [0.3, 0.4) is 0 Å². The van der Waals surface area contributed by atoms with Crippen molar-refractivity contribution in [1.29, 1.82) is 0 Å². The van der Waals surface area contributed by atoms with Gasteiger partial charge in [0, 0.05) is 29.7 Å². The fraction of sp³-hybridized carbons (Fsp3) is 0.111. The summed E-state index contributed by atoms with van der Waals surface area (Å²) in [7, 11) is 0. The van der Waals surface area contributed by atoms with Gasteiger partial charge in [-0.05, 0) is 35.9 Å². The molecule has 1 aliphatic rings. The van der Waals surface area contributed by atoms with Crippen LogP contribution < -0.4 is 16.2 Å². The van der Waals surface area contributed by atoms with Gasteiger partial charge in [-0.3, -0.25) is 0 Å². The number of aromatic nitrogens is 1. The number of hydrogen-bond donors (Lipinski definition) is 4. The number of benzene rings is 2. The van der Waals surface area contributed by atoms with Crippen LogP contribution in [0.1, 0.15) is 22.9 Å². The summed E-state index contributed by atoms with van der Waals surface area (Å²) in [5, 5.41) is 3.49. The summed E-state index contributed by atoms with van der Waals surface area (Å²) in [6.07, 6.45) is 1.95. The van der Waals surface area contributed by atoms with Crippen LogP contribution >= 0.6 is 0 Å². The zero-order valence-electron chi connectivity index (χ0n) is 12.1. The lowest BCUT2D eigenvalue weighted by Gasteiger charge is -2.11. The Morgan fingerprint density at radius 3 is 2.68 bits per heavy atom. The summed E-state index contributed by atoms with van der Waals surface area (Å²) in [6.45, 7) is 0.827. The highest BCUT2D eigenvalue weighted by Gasteiger charge is 2.24. The molecule has 0 spiro atoms. The third-order valence-electron chi connectivity index (χ3n) is 3.99. The molecule has 4 N–H and O–H groups in total. The van der Waals surface area contributed by atoms with Gasteiger partial charge in [-0.1, -0.05) is 30.3 Å². The average Bonchev–Trinajstić information content (AvgIpc) is 3.22. The Bertz CT molecular complexity index is 750. The number of fused-ring (bicyclic) bond motifs is 1. The van der Waals surface area contributed by atoms with Crippen molar-refractivity contribution in [2.24, 2.45) is 0 Å². The number of nitrogens with one attached hydrogen (secondary N) is 4. The van der Waals surface area contributed by atoms with Crippen LogP contribution in [0.5, 0.6) is 0 Å². The van der Waals surface area contributed by atoms with Gasteiger partial charge in [-0.25, -0.2) is 5.43 Å². The number of hydrazine groups is 1. The molecule has 0 saturated heterocycles. The summed E-state index contributed by atoms with van der Waals surface area (Å²) in [5.41, 5.74) is 12.5. The Kier molecular flexibility index (Phi) is 3.29. The zero-order chi connectivity index (χ0) is 14.8. The monoisotopic (exact) mass is 290 g/mol. The number of rotatable bonds is 4. The number of H-pyrrole nitrogens is 1. The van der Waals surface area contributed by atoms with E-state index in [2.05, 4.69) is 69.7 Å². The Labute approximate surface area is 129 Å². The molecule has 1 aromatic heterocycles. The Balaban J connectivity index is 1.55. The molecule has 1 aliphatic heterocycles. The second kappa shape index (κ2) is 5.58. The normalized spacial score (nSPS) is 16.1. The highest BCUT2D eigenvalue weighted by Crippen LogP contribution is 2.34. The van der Waals surface area contributed by atoms with Crippen molar-refractivity contribution < 1.29 is 0 Å². The summed E-state index contributed by atoms with van der Waals surface area (Å²) >= 11 is 0. The molecule has 0 fully saturated rings. The first-order valence-corrected chi connectivity index (χ1v) is 7.47. The van der Waals surface area contributed by atoms with Crippen LogP contribution in [0, 0.1) is 0 Å². The summed E-state index contributed by atoms with van der Waals surface area (Å²) < 4.78 is 0. The maximum atomic E-state index is 3.49. The van der Waals surface area contributed by atoms with Gasteiger partial charge >= 0.3 is 0 Å². The van der Waals surface area contributed by atoms with Crippen molar-refractivity contribution in [3.05, 3.63) is 83.7 Å². The average molecular weight is 290 g/mol. The van der Waals surface area contributed by atoms with Crippen LogP contribution in [0.15, 0.2) is 66.9 Å². The fourth-order valence-corrected chi connectivity index (χ4v) is 2.82. The zero-order valence-corrected chi connectivity index (χ0v) is 12.1. The molecule has 4 heteroatoms. The van der Waals surface area contributed by atoms with Crippen molar-refractivity contribution in [1.82, 2.24) is 10.4 Å². The van der Waals surface area contributed by atoms with Crippen molar-refractivity contribution in [3.8, 4) is 0 Å². The maximum Gasteiger partial charge on any atom is 0.0930 e. The van der Waals surface area contributed by atoms with Crippen molar-refractivity contribution in [3.63, 3.8) is 0 Å². The van der Waals surface area contributed by atoms with Gasteiger partial charge in [0.05, 0.1) is 11.7 Å². The number of anilines is 2. The van der Waals surface area contributed by atoms with Gasteiger partial charge in [-0.2, -0.15) is 0 Å². The van der Waals surface area contributed by atoms with Gasteiger partial charge < -0.3 is 15.7 Å². The fourth-order valence-electron chi connectivity index (χ4n) is 2.82. The molecule has 2 aromatic carbocycles. The minimum atomic E-state index is 0.156. The second-order valence-corrected chi connectivity index (χ2v) is 5.47. The third-order valence-corrected chi connectivity index (χ3v) is 3.99. The van der Waals surface area contributed by atoms with E-state index in [9.17, 15) is 0 Å². The van der Waals surface area contributed by atoms with E-state index in [0.29, 0.717) is 0 Å². The van der Waals surface area contributed by atoms with Crippen LogP contribution in [0.25, 0.3) is 0 Å². The second-order valence-electron chi connectivity index (χ2n) is 5.47. The van der Waals surface area contributed by atoms with E-state index in [0.717, 1.165) is 23.6 Å².